The van der Waals surface area contributed by atoms with Gasteiger partial charge in [-0.3, -0.25) is 9.59 Å². The molecule has 1 aromatic carbocycles. The molecule has 1 amide bonds. The summed E-state index contributed by atoms with van der Waals surface area (Å²) in [7, 11) is 0. The first-order chi connectivity index (χ1) is 8.50. The van der Waals surface area contributed by atoms with Crippen LogP contribution in [0.15, 0.2) is 24.3 Å². The molecule has 0 spiro atoms. The number of aliphatic carboxylic acids is 1. The molecule has 0 heterocycles. The number of thioether (sulfide) groups is 1. The summed E-state index contributed by atoms with van der Waals surface area (Å²) in [5, 5.41) is 11.0. The Balaban J connectivity index is 2.45. The third-order valence-electron chi connectivity index (χ3n) is 2.21. The Morgan fingerprint density at radius 2 is 2.06 bits per heavy atom. The molecule has 0 aromatic heterocycles. The Bertz CT molecular complexity index is 439. The molecule has 0 saturated carbocycles. The van der Waals surface area contributed by atoms with E-state index in [1.54, 1.807) is 25.1 Å². The van der Waals surface area contributed by atoms with Crippen LogP contribution in [0, 0.1) is 5.82 Å². The minimum Gasteiger partial charge on any atom is -0.481 e. The second kappa shape index (κ2) is 7.00. The van der Waals surface area contributed by atoms with Gasteiger partial charge in [0.1, 0.15) is 5.82 Å². The fourth-order valence-corrected chi connectivity index (χ4v) is 1.96. The van der Waals surface area contributed by atoms with Gasteiger partial charge in [-0.1, -0.05) is 18.2 Å². The van der Waals surface area contributed by atoms with Crippen LogP contribution < -0.4 is 5.32 Å². The number of carbonyl (C=O) groups is 2. The Morgan fingerprint density at radius 1 is 1.39 bits per heavy atom. The quantitative estimate of drug-likeness (QED) is 0.828. The Morgan fingerprint density at radius 3 is 2.67 bits per heavy atom. The van der Waals surface area contributed by atoms with E-state index in [0.29, 0.717) is 5.56 Å². The normalized spacial score (nSPS) is 11.9. The van der Waals surface area contributed by atoms with Crippen LogP contribution in [0.4, 0.5) is 4.39 Å². The average molecular weight is 271 g/mol. The SMILES string of the molecule is C[C@@H](NC(=O)CSCC(=O)O)c1ccccc1F. The molecule has 0 bridgehead atoms. The maximum absolute atomic E-state index is 13.4. The van der Waals surface area contributed by atoms with Crippen molar-refractivity contribution in [3.8, 4) is 0 Å². The third-order valence-corrected chi connectivity index (χ3v) is 3.13. The van der Waals surface area contributed by atoms with E-state index in [9.17, 15) is 14.0 Å². The minimum absolute atomic E-state index is 0.0467. The minimum atomic E-state index is -0.963. The summed E-state index contributed by atoms with van der Waals surface area (Å²) in [5.41, 5.74) is 0.411. The average Bonchev–Trinajstić information content (AvgIpc) is 2.28. The van der Waals surface area contributed by atoms with E-state index < -0.39 is 12.0 Å². The summed E-state index contributed by atoms with van der Waals surface area (Å²) in [6.45, 7) is 1.68. The number of hydrogen-bond acceptors (Lipinski definition) is 3. The molecule has 0 unspecified atom stereocenters. The van der Waals surface area contributed by atoms with Crippen LogP contribution in [0.1, 0.15) is 18.5 Å². The zero-order chi connectivity index (χ0) is 13.5. The summed E-state index contributed by atoms with van der Waals surface area (Å²) in [6, 6.07) is 5.77. The van der Waals surface area contributed by atoms with E-state index >= 15 is 0 Å². The van der Waals surface area contributed by atoms with Crippen LogP contribution in [-0.4, -0.2) is 28.5 Å². The van der Waals surface area contributed by atoms with E-state index in [1.165, 1.54) is 6.07 Å². The van der Waals surface area contributed by atoms with E-state index in [1.807, 2.05) is 0 Å². The number of halogens is 1. The molecule has 0 fully saturated rings. The first-order valence-corrected chi connectivity index (χ1v) is 6.49. The number of nitrogens with one attached hydrogen (secondary N) is 1. The van der Waals surface area contributed by atoms with Gasteiger partial charge in [0.2, 0.25) is 5.91 Å². The van der Waals surface area contributed by atoms with Crippen LogP contribution in [0.2, 0.25) is 0 Å². The van der Waals surface area contributed by atoms with Gasteiger partial charge in [0, 0.05) is 5.56 Å². The fourth-order valence-electron chi connectivity index (χ4n) is 1.42. The van der Waals surface area contributed by atoms with Gasteiger partial charge >= 0.3 is 5.97 Å². The maximum atomic E-state index is 13.4. The molecule has 4 nitrogen and oxygen atoms in total. The van der Waals surface area contributed by atoms with Crippen LogP contribution in [0.25, 0.3) is 0 Å². The maximum Gasteiger partial charge on any atom is 0.313 e. The number of carboxylic acid groups (broad SMARTS) is 1. The lowest BCUT2D eigenvalue weighted by molar-refractivity contribution is -0.133. The highest BCUT2D eigenvalue weighted by Gasteiger charge is 2.13. The van der Waals surface area contributed by atoms with Crippen molar-refractivity contribution in [2.24, 2.45) is 0 Å². The Kier molecular flexibility index (Phi) is 5.64. The van der Waals surface area contributed by atoms with Crippen molar-refractivity contribution in [2.45, 2.75) is 13.0 Å². The summed E-state index contributed by atoms with van der Waals surface area (Å²) >= 11 is 1.01. The second-order valence-corrected chi connectivity index (χ2v) is 4.68. The van der Waals surface area contributed by atoms with Gasteiger partial charge in [-0.2, -0.15) is 0 Å². The third kappa shape index (κ3) is 4.75. The fraction of sp³-hybridized carbons (Fsp3) is 0.333. The lowest BCUT2D eigenvalue weighted by Crippen LogP contribution is -2.29. The van der Waals surface area contributed by atoms with Crippen molar-refractivity contribution < 1.29 is 19.1 Å². The van der Waals surface area contributed by atoms with Crippen molar-refractivity contribution in [2.75, 3.05) is 11.5 Å². The van der Waals surface area contributed by atoms with E-state index in [-0.39, 0.29) is 23.2 Å². The monoisotopic (exact) mass is 271 g/mol. The van der Waals surface area contributed by atoms with Crippen LogP contribution >= 0.6 is 11.8 Å². The molecule has 6 heteroatoms. The number of hydrogen-bond donors (Lipinski definition) is 2. The first kappa shape index (κ1) is 14.5. The highest BCUT2D eigenvalue weighted by atomic mass is 32.2. The zero-order valence-electron chi connectivity index (χ0n) is 9.85. The molecule has 1 aromatic rings. The van der Waals surface area contributed by atoms with E-state index in [4.69, 9.17) is 5.11 Å². The Hall–Kier alpha value is -1.56. The molecular weight excluding hydrogens is 257 g/mol. The van der Waals surface area contributed by atoms with Crippen molar-refractivity contribution in [1.82, 2.24) is 5.32 Å². The van der Waals surface area contributed by atoms with Gasteiger partial charge in [0.15, 0.2) is 0 Å². The van der Waals surface area contributed by atoms with Gasteiger partial charge in [-0.15, -0.1) is 11.8 Å². The molecule has 0 radical (unpaired) electrons. The van der Waals surface area contributed by atoms with Gasteiger partial charge in [-0.25, -0.2) is 4.39 Å². The molecule has 0 aliphatic carbocycles. The van der Waals surface area contributed by atoms with Crippen molar-refractivity contribution in [3.05, 3.63) is 35.6 Å². The molecule has 0 aliphatic rings. The molecule has 18 heavy (non-hydrogen) atoms. The number of benzene rings is 1. The van der Waals surface area contributed by atoms with Crippen molar-refractivity contribution in [3.63, 3.8) is 0 Å². The van der Waals surface area contributed by atoms with Crippen molar-refractivity contribution >= 4 is 23.6 Å². The predicted molar refractivity (Wildman–Crippen MR) is 67.9 cm³/mol. The van der Waals surface area contributed by atoms with Gasteiger partial charge in [-0.05, 0) is 13.0 Å². The first-order valence-electron chi connectivity index (χ1n) is 5.34. The van der Waals surface area contributed by atoms with E-state index in [0.717, 1.165) is 11.8 Å². The van der Waals surface area contributed by atoms with Crippen LogP contribution in [-0.2, 0) is 9.59 Å². The molecule has 2 N–H and O–H groups in total. The molecular formula is C12H14FNO3S. The summed E-state index contributed by atoms with van der Waals surface area (Å²) in [5.74, 6) is -1.72. The standard InChI is InChI=1S/C12H14FNO3S/c1-8(9-4-2-3-5-10(9)13)14-11(15)6-18-7-12(16)17/h2-5,8H,6-7H2,1H3,(H,14,15)(H,16,17)/t8-/m1/s1. The topological polar surface area (TPSA) is 66.4 Å². The number of carboxylic acids is 1. The number of rotatable bonds is 6. The van der Waals surface area contributed by atoms with Gasteiger partial charge in [0.25, 0.3) is 0 Å². The number of amides is 1. The van der Waals surface area contributed by atoms with Gasteiger partial charge < -0.3 is 10.4 Å². The van der Waals surface area contributed by atoms with Crippen LogP contribution in [0.3, 0.4) is 0 Å². The molecule has 1 atom stereocenters. The lowest BCUT2D eigenvalue weighted by atomic mass is 10.1. The van der Waals surface area contributed by atoms with E-state index in [2.05, 4.69) is 5.32 Å². The highest BCUT2D eigenvalue weighted by Crippen LogP contribution is 2.16. The predicted octanol–water partition coefficient (Wildman–Crippen LogP) is 1.82. The van der Waals surface area contributed by atoms with Crippen LogP contribution in [0.5, 0.6) is 0 Å². The zero-order valence-corrected chi connectivity index (χ0v) is 10.7. The molecule has 98 valence electrons. The molecule has 0 aliphatic heterocycles. The highest BCUT2D eigenvalue weighted by molar-refractivity contribution is 8.00. The van der Waals surface area contributed by atoms with Gasteiger partial charge in [0.05, 0.1) is 17.5 Å². The molecule has 1 rings (SSSR count). The Labute approximate surface area is 109 Å². The second-order valence-electron chi connectivity index (χ2n) is 3.70. The summed E-state index contributed by atoms with van der Waals surface area (Å²) < 4.78 is 13.4. The smallest absolute Gasteiger partial charge is 0.313 e. The summed E-state index contributed by atoms with van der Waals surface area (Å²) in [6.07, 6.45) is 0. The molecule has 0 saturated heterocycles. The summed E-state index contributed by atoms with van der Waals surface area (Å²) in [4.78, 5) is 21.7. The number of carbonyl (C=O) groups excluding carboxylic acids is 1. The van der Waals surface area contributed by atoms with Crippen molar-refractivity contribution in [1.29, 1.82) is 0 Å². The largest absolute Gasteiger partial charge is 0.481 e. The lowest BCUT2D eigenvalue weighted by Gasteiger charge is -2.14.